The molecule has 0 saturated heterocycles. The molecule has 0 aliphatic rings. The molecule has 0 saturated carbocycles. The fourth-order valence-corrected chi connectivity index (χ4v) is 3.06. The first-order valence-corrected chi connectivity index (χ1v) is 9.54. The Morgan fingerprint density at radius 2 is 1.46 bits per heavy atom. The van der Waals surface area contributed by atoms with Crippen LogP contribution in [0.5, 0.6) is 5.75 Å². The quantitative estimate of drug-likeness (QED) is 0.795. The van der Waals surface area contributed by atoms with E-state index in [1.165, 1.54) is 0 Å². The van der Waals surface area contributed by atoms with E-state index < -0.39 is 11.3 Å². The van der Waals surface area contributed by atoms with Gasteiger partial charge in [0.2, 0.25) is 0 Å². The molecule has 28 heavy (non-hydrogen) atoms. The molecule has 1 atom stereocenters. The molecule has 0 heterocycles. The molecule has 0 fully saturated rings. The zero-order valence-electron chi connectivity index (χ0n) is 17.9. The summed E-state index contributed by atoms with van der Waals surface area (Å²) in [4.78, 5) is 26.4. The summed E-state index contributed by atoms with van der Waals surface area (Å²) in [6.07, 6.45) is 0. The summed E-state index contributed by atoms with van der Waals surface area (Å²) in [5.41, 5.74) is 1.16. The summed E-state index contributed by atoms with van der Waals surface area (Å²) in [6.45, 7) is 11.5. The maximum atomic E-state index is 13.4. The van der Waals surface area contributed by atoms with Crippen LogP contribution in [0.15, 0.2) is 48.5 Å². The van der Waals surface area contributed by atoms with Gasteiger partial charge in [0.1, 0.15) is 11.5 Å². The first-order chi connectivity index (χ1) is 12.9. The first-order valence-electron chi connectivity index (χ1n) is 9.54. The lowest BCUT2D eigenvalue weighted by Gasteiger charge is -2.28. The molecule has 0 bridgehead atoms. The van der Waals surface area contributed by atoms with Crippen LogP contribution in [0, 0.1) is 5.41 Å². The smallest absolute Gasteiger partial charge is 0.251 e. The van der Waals surface area contributed by atoms with Gasteiger partial charge in [-0.25, -0.2) is 0 Å². The van der Waals surface area contributed by atoms with Gasteiger partial charge in [-0.05, 0) is 50.1 Å². The minimum absolute atomic E-state index is 0.0636. The van der Waals surface area contributed by atoms with Crippen molar-refractivity contribution in [3.05, 3.63) is 65.2 Å². The minimum atomic E-state index is -0.557. The summed E-state index contributed by atoms with van der Waals surface area (Å²) in [5.74, 6) is 0.0780. The van der Waals surface area contributed by atoms with Crippen molar-refractivity contribution in [2.45, 2.75) is 53.0 Å². The minimum Gasteiger partial charge on any atom is -0.497 e. The number of rotatable bonds is 5. The summed E-state index contributed by atoms with van der Waals surface area (Å²) < 4.78 is 5.25. The van der Waals surface area contributed by atoms with E-state index in [1.807, 2.05) is 84.0 Å². The van der Waals surface area contributed by atoms with Gasteiger partial charge in [0.25, 0.3) is 5.91 Å². The molecule has 2 aromatic rings. The number of benzene rings is 2. The normalized spacial score (nSPS) is 13.0. The molecule has 1 amide bonds. The molecule has 4 heteroatoms. The number of hydrogen-bond acceptors (Lipinski definition) is 3. The highest BCUT2D eigenvalue weighted by Gasteiger charge is 2.34. The second-order valence-electron chi connectivity index (χ2n) is 9.11. The molecule has 1 N–H and O–H groups in total. The van der Waals surface area contributed by atoms with Crippen LogP contribution in [0.25, 0.3) is 0 Å². The van der Waals surface area contributed by atoms with Crippen LogP contribution in [0.4, 0.5) is 0 Å². The molecule has 0 aromatic heterocycles. The Hall–Kier alpha value is -2.62. The summed E-state index contributed by atoms with van der Waals surface area (Å²) in [6, 6.07) is 14.8. The summed E-state index contributed by atoms with van der Waals surface area (Å²) in [7, 11) is 1.61. The molecule has 0 radical (unpaired) electrons. The molecule has 4 nitrogen and oxygen atoms in total. The third kappa shape index (κ3) is 5.22. The van der Waals surface area contributed by atoms with Crippen LogP contribution >= 0.6 is 0 Å². The third-order valence-corrected chi connectivity index (χ3v) is 4.46. The molecule has 2 rings (SSSR count). The van der Waals surface area contributed by atoms with E-state index in [0.29, 0.717) is 11.1 Å². The Labute approximate surface area is 168 Å². The molecule has 0 aliphatic heterocycles. The maximum absolute atomic E-state index is 13.4. The van der Waals surface area contributed by atoms with Crippen molar-refractivity contribution in [1.82, 2.24) is 5.32 Å². The van der Waals surface area contributed by atoms with Gasteiger partial charge in [-0.1, -0.05) is 51.1 Å². The number of carbonyl (C=O) groups excluding carboxylic acids is 2. The standard InChI is InChI=1S/C24H31NO3/c1-23(2,3)21(26)20(16-12-14-17(28-7)15-13-16)18-10-8-9-11-19(18)22(27)25-24(4,5)6/h8-15,20H,1-7H3,(H,25,27). The number of ketones is 1. The van der Waals surface area contributed by atoms with E-state index in [1.54, 1.807) is 13.2 Å². The maximum Gasteiger partial charge on any atom is 0.251 e. The molecular formula is C24H31NO3. The number of methoxy groups -OCH3 is 1. The van der Waals surface area contributed by atoms with Gasteiger partial charge >= 0.3 is 0 Å². The summed E-state index contributed by atoms with van der Waals surface area (Å²) in [5, 5.41) is 3.01. The fourth-order valence-electron chi connectivity index (χ4n) is 3.06. The van der Waals surface area contributed by atoms with Crippen molar-refractivity contribution in [3.8, 4) is 5.75 Å². The lowest BCUT2D eigenvalue weighted by Crippen LogP contribution is -2.41. The van der Waals surface area contributed by atoms with Crippen LogP contribution in [-0.2, 0) is 4.79 Å². The van der Waals surface area contributed by atoms with E-state index in [4.69, 9.17) is 4.74 Å². The van der Waals surface area contributed by atoms with Crippen LogP contribution in [0.2, 0.25) is 0 Å². The Balaban J connectivity index is 2.61. The van der Waals surface area contributed by atoms with Crippen molar-refractivity contribution < 1.29 is 14.3 Å². The predicted molar refractivity (Wildman–Crippen MR) is 113 cm³/mol. The van der Waals surface area contributed by atoms with Crippen LogP contribution < -0.4 is 10.1 Å². The molecular weight excluding hydrogens is 350 g/mol. The highest BCUT2D eigenvalue weighted by atomic mass is 16.5. The topological polar surface area (TPSA) is 55.4 Å². The lowest BCUT2D eigenvalue weighted by atomic mass is 9.75. The number of ether oxygens (including phenoxy) is 1. The zero-order chi connectivity index (χ0) is 21.1. The number of nitrogens with one attached hydrogen (secondary N) is 1. The van der Waals surface area contributed by atoms with Gasteiger partial charge in [0, 0.05) is 16.5 Å². The predicted octanol–water partition coefficient (Wildman–Crippen LogP) is 4.97. The van der Waals surface area contributed by atoms with E-state index in [0.717, 1.165) is 11.3 Å². The number of Topliss-reactive ketones (excluding diaryl/α,β-unsaturated/α-hetero) is 1. The van der Waals surface area contributed by atoms with E-state index in [9.17, 15) is 9.59 Å². The average Bonchev–Trinajstić information content (AvgIpc) is 2.60. The lowest BCUT2D eigenvalue weighted by molar-refractivity contribution is -0.126. The highest BCUT2D eigenvalue weighted by Crippen LogP contribution is 2.35. The second-order valence-corrected chi connectivity index (χ2v) is 9.11. The SMILES string of the molecule is COc1ccc(C(C(=O)C(C)(C)C)c2ccccc2C(=O)NC(C)(C)C)cc1. The molecule has 0 spiro atoms. The van der Waals surface area contributed by atoms with E-state index in [2.05, 4.69) is 5.32 Å². The van der Waals surface area contributed by atoms with Gasteiger partial charge in [-0.2, -0.15) is 0 Å². The van der Waals surface area contributed by atoms with Crippen LogP contribution in [-0.4, -0.2) is 24.3 Å². The first kappa shape index (κ1) is 21.7. The molecule has 150 valence electrons. The monoisotopic (exact) mass is 381 g/mol. The Morgan fingerprint density at radius 1 is 0.893 bits per heavy atom. The number of amides is 1. The Bertz CT molecular complexity index is 839. The van der Waals surface area contributed by atoms with Crippen molar-refractivity contribution in [1.29, 1.82) is 0 Å². The number of carbonyl (C=O) groups is 2. The van der Waals surface area contributed by atoms with Gasteiger partial charge in [-0.3, -0.25) is 9.59 Å². The van der Waals surface area contributed by atoms with Gasteiger partial charge in [0.15, 0.2) is 0 Å². The Morgan fingerprint density at radius 3 is 1.96 bits per heavy atom. The van der Waals surface area contributed by atoms with Crippen molar-refractivity contribution in [2.24, 2.45) is 5.41 Å². The Kier molecular flexibility index (Phi) is 6.33. The van der Waals surface area contributed by atoms with Gasteiger partial charge in [-0.15, -0.1) is 0 Å². The average molecular weight is 382 g/mol. The van der Waals surface area contributed by atoms with E-state index in [-0.39, 0.29) is 17.2 Å². The summed E-state index contributed by atoms with van der Waals surface area (Å²) >= 11 is 0. The third-order valence-electron chi connectivity index (χ3n) is 4.46. The number of hydrogen-bond donors (Lipinski definition) is 1. The van der Waals surface area contributed by atoms with E-state index >= 15 is 0 Å². The highest BCUT2D eigenvalue weighted by molar-refractivity contribution is 6.00. The van der Waals surface area contributed by atoms with Crippen molar-refractivity contribution in [3.63, 3.8) is 0 Å². The second kappa shape index (κ2) is 8.17. The van der Waals surface area contributed by atoms with Crippen LogP contribution in [0.3, 0.4) is 0 Å². The van der Waals surface area contributed by atoms with Gasteiger partial charge < -0.3 is 10.1 Å². The zero-order valence-corrected chi connectivity index (χ0v) is 17.9. The molecule has 0 aliphatic carbocycles. The molecule has 1 unspecified atom stereocenters. The fraction of sp³-hybridized carbons (Fsp3) is 0.417. The van der Waals surface area contributed by atoms with Gasteiger partial charge in [0.05, 0.1) is 13.0 Å². The van der Waals surface area contributed by atoms with Crippen LogP contribution in [0.1, 0.15) is 68.9 Å². The largest absolute Gasteiger partial charge is 0.497 e. The van der Waals surface area contributed by atoms with Crippen molar-refractivity contribution in [2.75, 3.05) is 7.11 Å². The molecule has 2 aromatic carbocycles. The van der Waals surface area contributed by atoms with Crippen molar-refractivity contribution >= 4 is 11.7 Å².